The molecule has 0 spiro atoms. The molecule has 1 heterocycles. The molecule has 0 unspecified atom stereocenters. The van der Waals surface area contributed by atoms with E-state index in [9.17, 15) is 4.79 Å². The minimum Gasteiger partial charge on any atom is -0.460 e. The molecule has 0 bridgehead atoms. The normalized spacial score (nSPS) is 14.2. The number of hydrogen-bond acceptors (Lipinski definition) is 5. The van der Waals surface area contributed by atoms with Gasteiger partial charge >= 0.3 is 5.97 Å². The van der Waals surface area contributed by atoms with Crippen molar-refractivity contribution >= 4 is 17.7 Å². The Morgan fingerprint density at radius 2 is 2.19 bits per heavy atom. The van der Waals surface area contributed by atoms with E-state index < -0.39 is 5.97 Å². The number of carbonyl (C=O) groups excluding carboxylic acids is 1. The second-order valence-corrected chi connectivity index (χ2v) is 5.78. The summed E-state index contributed by atoms with van der Waals surface area (Å²) in [6.07, 6.45) is 4.13. The van der Waals surface area contributed by atoms with Crippen LogP contribution in [0.3, 0.4) is 0 Å². The Hall–Kier alpha value is -1.75. The Balaban J connectivity index is 2.04. The van der Waals surface area contributed by atoms with Crippen LogP contribution in [0.15, 0.2) is 33.6 Å². The zero-order valence-electron chi connectivity index (χ0n) is 12.1. The average molecular weight is 303 g/mol. The van der Waals surface area contributed by atoms with Gasteiger partial charge in [0.2, 0.25) is 11.7 Å². The molecule has 1 aliphatic rings. The molecule has 1 fully saturated rings. The van der Waals surface area contributed by atoms with Crippen LogP contribution in [-0.4, -0.2) is 23.8 Å². The third kappa shape index (κ3) is 2.83. The number of hydrogen-bond donors (Lipinski definition) is 0. The number of rotatable bonds is 5. The van der Waals surface area contributed by atoms with Crippen molar-refractivity contribution in [3.05, 3.63) is 35.7 Å². The van der Waals surface area contributed by atoms with Gasteiger partial charge in [0.05, 0.1) is 17.9 Å². The van der Waals surface area contributed by atoms with Crippen molar-refractivity contribution in [3.8, 4) is 11.5 Å². The summed E-state index contributed by atoms with van der Waals surface area (Å²) in [5, 5.41) is 0. The number of esters is 1. The average Bonchev–Trinajstić information content (AvgIpc) is 3.26. The summed E-state index contributed by atoms with van der Waals surface area (Å²) in [6.45, 7) is 2.12. The lowest BCUT2D eigenvalue weighted by molar-refractivity contribution is 0.0489. The minimum absolute atomic E-state index is 0.269. The summed E-state index contributed by atoms with van der Waals surface area (Å²) in [6, 6.07) is 7.90. The number of aromatic nitrogens is 1. The van der Waals surface area contributed by atoms with E-state index in [1.807, 2.05) is 30.5 Å². The summed E-state index contributed by atoms with van der Waals surface area (Å²) >= 11 is 1.63. The molecule has 4 nitrogen and oxygen atoms in total. The molecule has 1 aromatic heterocycles. The van der Waals surface area contributed by atoms with E-state index in [2.05, 4.69) is 4.98 Å². The lowest BCUT2D eigenvalue weighted by Crippen LogP contribution is -2.05. The highest BCUT2D eigenvalue weighted by Gasteiger charge is 2.34. The fraction of sp³-hybridized carbons (Fsp3) is 0.375. The van der Waals surface area contributed by atoms with E-state index in [4.69, 9.17) is 9.15 Å². The number of carbonyl (C=O) groups is 1. The molecule has 0 saturated heterocycles. The molecule has 21 heavy (non-hydrogen) atoms. The molecule has 0 atom stereocenters. The summed E-state index contributed by atoms with van der Waals surface area (Å²) in [4.78, 5) is 17.7. The number of thioether (sulfide) groups is 1. The maximum atomic E-state index is 12.0. The van der Waals surface area contributed by atoms with Crippen molar-refractivity contribution in [2.45, 2.75) is 30.6 Å². The van der Waals surface area contributed by atoms with Crippen LogP contribution in [0.4, 0.5) is 0 Å². The first-order valence-corrected chi connectivity index (χ1v) is 8.28. The van der Waals surface area contributed by atoms with Gasteiger partial charge in [-0.2, -0.15) is 0 Å². The van der Waals surface area contributed by atoms with Crippen LogP contribution in [0.2, 0.25) is 0 Å². The zero-order chi connectivity index (χ0) is 14.8. The van der Waals surface area contributed by atoms with Gasteiger partial charge in [0.25, 0.3) is 0 Å². The quantitative estimate of drug-likeness (QED) is 0.614. The third-order valence-corrected chi connectivity index (χ3v) is 4.21. The fourth-order valence-electron chi connectivity index (χ4n) is 2.24. The maximum Gasteiger partial charge on any atom is 0.376 e. The largest absolute Gasteiger partial charge is 0.460 e. The Labute approximate surface area is 127 Å². The lowest BCUT2D eigenvalue weighted by Gasteiger charge is -2.02. The van der Waals surface area contributed by atoms with Crippen molar-refractivity contribution in [3.63, 3.8) is 0 Å². The van der Waals surface area contributed by atoms with Gasteiger partial charge < -0.3 is 9.15 Å². The van der Waals surface area contributed by atoms with Gasteiger partial charge in [0, 0.05) is 10.8 Å². The smallest absolute Gasteiger partial charge is 0.376 e. The number of nitrogens with zero attached hydrogens (tertiary/aromatic N) is 1. The Kier molecular flexibility index (Phi) is 4.01. The molecule has 0 amide bonds. The van der Waals surface area contributed by atoms with Gasteiger partial charge in [-0.1, -0.05) is 12.1 Å². The van der Waals surface area contributed by atoms with Crippen molar-refractivity contribution in [1.29, 1.82) is 0 Å². The van der Waals surface area contributed by atoms with Gasteiger partial charge in [-0.05, 0) is 38.2 Å². The van der Waals surface area contributed by atoms with E-state index in [0.717, 1.165) is 29.0 Å². The standard InChI is InChI=1S/C16H17NO3S/c1-3-19-16(18)14-13(10-8-9-10)17-15(20-14)11-6-4-5-7-12(11)21-2/h4-7,10H,3,8-9H2,1-2H3. The first-order chi connectivity index (χ1) is 10.2. The molecular formula is C16H17NO3S. The van der Waals surface area contributed by atoms with Gasteiger partial charge in [-0.25, -0.2) is 9.78 Å². The van der Waals surface area contributed by atoms with Crippen LogP contribution in [0.1, 0.15) is 41.9 Å². The zero-order valence-corrected chi connectivity index (χ0v) is 12.9. The molecule has 0 radical (unpaired) electrons. The SMILES string of the molecule is CCOC(=O)c1oc(-c2ccccc2SC)nc1C1CC1. The van der Waals surface area contributed by atoms with E-state index in [1.54, 1.807) is 18.7 Å². The Morgan fingerprint density at radius 3 is 2.86 bits per heavy atom. The predicted molar refractivity (Wildman–Crippen MR) is 81.7 cm³/mol. The summed E-state index contributed by atoms with van der Waals surface area (Å²) < 4.78 is 10.8. The van der Waals surface area contributed by atoms with Crippen LogP contribution >= 0.6 is 11.8 Å². The molecule has 1 aliphatic carbocycles. The number of oxazole rings is 1. The van der Waals surface area contributed by atoms with Crippen LogP contribution in [0.5, 0.6) is 0 Å². The number of benzene rings is 1. The van der Waals surface area contributed by atoms with E-state index in [0.29, 0.717) is 18.4 Å². The second-order valence-electron chi connectivity index (χ2n) is 4.93. The second kappa shape index (κ2) is 5.93. The first kappa shape index (κ1) is 14.2. The molecule has 0 N–H and O–H groups in total. The molecule has 3 rings (SSSR count). The molecule has 2 aromatic rings. The summed E-state index contributed by atoms with van der Waals surface area (Å²) in [5.41, 5.74) is 1.67. The van der Waals surface area contributed by atoms with Crippen molar-refractivity contribution in [1.82, 2.24) is 4.98 Å². The first-order valence-electron chi connectivity index (χ1n) is 7.05. The Bertz CT molecular complexity index is 661. The van der Waals surface area contributed by atoms with E-state index in [-0.39, 0.29) is 5.76 Å². The van der Waals surface area contributed by atoms with Crippen LogP contribution in [-0.2, 0) is 4.74 Å². The van der Waals surface area contributed by atoms with Gasteiger partial charge in [-0.3, -0.25) is 0 Å². The fourth-order valence-corrected chi connectivity index (χ4v) is 2.83. The topological polar surface area (TPSA) is 52.3 Å². The Morgan fingerprint density at radius 1 is 1.43 bits per heavy atom. The van der Waals surface area contributed by atoms with Crippen molar-refractivity contribution in [2.24, 2.45) is 0 Å². The predicted octanol–water partition coefficient (Wildman–Crippen LogP) is 4.12. The third-order valence-electron chi connectivity index (χ3n) is 3.42. The van der Waals surface area contributed by atoms with E-state index in [1.165, 1.54) is 0 Å². The monoisotopic (exact) mass is 303 g/mol. The molecule has 5 heteroatoms. The highest BCUT2D eigenvalue weighted by molar-refractivity contribution is 7.98. The van der Waals surface area contributed by atoms with Crippen LogP contribution in [0, 0.1) is 0 Å². The van der Waals surface area contributed by atoms with Crippen LogP contribution < -0.4 is 0 Å². The molecule has 110 valence electrons. The number of ether oxygens (including phenoxy) is 1. The van der Waals surface area contributed by atoms with Crippen molar-refractivity contribution in [2.75, 3.05) is 12.9 Å². The molecule has 1 aromatic carbocycles. The molecule has 1 saturated carbocycles. The lowest BCUT2D eigenvalue weighted by atomic mass is 10.2. The summed E-state index contributed by atoms with van der Waals surface area (Å²) in [5.74, 6) is 0.693. The maximum absolute atomic E-state index is 12.0. The van der Waals surface area contributed by atoms with Gasteiger partial charge in [0.1, 0.15) is 0 Å². The van der Waals surface area contributed by atoms with Gasteiger partial charge in [0.15, 0.2) is 0 Å². The minimum atomic E-state index is -0.417. The molecule has 0 aliphatic heterocycles. The van der Waals surface area contributed by atoms with Gasteiger partial charge in [-0.15, -0.1) is 11.8 Å². The highest BCUT2D eigenvalue weighted by Crippen LogP contribution is 2.43. The highest BCUT2D eigenvalue weighted by atomic mass is 32.2. The van der Waals surface area contributed by atoms with Crippen LogP contribution in [0.25, 0.3) is 11.5 Å². The summed E-state index contributed by atoms with van der Waals surface area (Å²) in [7, 11) is 0. The molecular weight excluding hydrogens is 286 g/mol. The van der Waals surface area contributed by atoms with E-state index >= 15 is 0 Å². The van der Waals surface area contributed by atoms with Crippen molar-refractivity contribution < 1.29 is 13.9 Å².